The number of nitrogens with two attached hydrogens (primary N) is 1. The molecule has 13 heteroatoms. The van der Waals surface area contributed by atoms with Gasteiger partial charge in [-0.25, -0.2) is 13.6 Å². The number of aryl methyl sites for hydroxylation is 1. The maximum atomic E-state index is 12.1. The van der Waals surface area contributed by atoms with E-state index < -0.39 is 31.8 Å². The molecule has 0 aliphatic heterocycles. The molecule has 1 aromatic carbocycles. The van der Waals surface area contributed by atoms with E-state index in [-0.39, 0.29) is 33.8 Å². The summed E-state index contributed by atoms with van der Waals surface area (Å²) in [6.07, 6.45) is 0. The van der Waals surface area contributed by atoms with Gasteiger partial charge in [0.1, 0.15) is 4.90 Å². The number of halogens is 1. The number of thiophene rings is 1. The number of aromatic nitrogens is 2. The van der Waals surface area contributed by atoms with Gasteiger partial charge in [0.2, 0.25) is 21.7 Å². The first-order valence-electron chi connectivity index (χ1n) is 9.01. The smallest absolute Gasteiger partial charge is 0.243 e. The quantitative estimate of drug-likeness (QED) is 0.282. The third-order valence-electron chi connectivity index (χ3n) is 4.38. The molecule has 2 aromatic heterocycles. The van der Waals surface area contributed by atoms with Crippen LogP contribution < -0.4 is 15.8 Å². The zero-order valence-corrected chi connectivity index (χ0v) is 20.3. The Morgan fingerprint density at radius 2 is 1.87 bits per heavy atom. The molecule has 0 bridgehead atoms. The van der Waals surface area contributed by atoms with Crippen LogP contribution in [0.15, 0.2) is 29.2 Å². The molecule has 0 amide bonds. The zero-order valence-electron chi connectivity index (χ0n) is 17.1. The zero-order chi connectivity index (χ0) is 23.1. The second kappa shape index (κ2) is 8.52. The van der Waals surface area contributed by atoms with Gasteiger partial charge < -0.3 is 20.3 Å². The van der Waals surface area contributed by atoms with Crippen LogP contribution in [-0.2, 0) is 10.0 Å². The molecule has 0 saturated carbocycles. The monoisotopic (exact) mass is 503 g/mol. The summed E-state index contributed by atoms with van der Waals surface area (Å²) in [6.45, 7) is 8.18. The van der Waals surface area contributed by atoms with E-state index in [1.54, 1.807) is 11.3 Å². The van der Waals surface area contributed by atoms with E-state index in [4.69, 9.17) is 16.7 Å². The van der Waals surface area contributed by atoms with Crippen LogP contribution in [0.1, 0.15) is 36.6 Å². The molecule has 31 heavy (non-hydrogen) atoms. The molecule has 0 aliphatic rings. The fraction of sp³-hybridized carbons (Fsp3) is 0.333. The van der Waals surface area contributed by atoms with E-state index in [9.17, 15) is 18.1 Å². The SMILES string of the molecule is Cc1ccc([C@H](Nc2n[s+]([O-])nc2Nc2ccc(Cl)c(S(N)(=O)=O)c2O)C(C)(C)C)s1. The predicted molar refractivity (Wildman–Crippen MR) is 123 cm³/mol. The van der Waals surface area contributed by atoms with Crippen molar-refractivity contribution in [2.45, 2.75) is 38.6 Å². The summed E-state index contributed by atoms with van der Waals surface area (Å²) in [7, 11) is -4.28. The van der Waals surface area contributed by atoms with Gasteiger partial charge in [0, 0.05) is 18.5 Å². The van der Waals surface area contributed by atoms with Gasteiger partial charge in [-0.15, -0.1) is 11.3 Å². The number of phenols is 1. The predicted octanol–water partition coefficient (Wildman–Crippen LogP) is 4.52. The Labute approximate surface area is 192 Å². The molecule has 168 valence electrons. The number of sulfonamides is 1. The third-order valence-corrected chi connectivity index (χ3v) is 7.53. The topological polar surface area (TPSA) is 153 Å². The summed E-state index contributed by atoms with van der Waals surface area (Å²) in [4.78, 5) is 1.60. The lowest BCUT2D eigenvalue weighted by Crippen LogP contribution is -2.25. The van der Waals surface area contributed by atoms with E-state index in [0.29, 0.717) is 0 Å². The van der Waals surface area contributed by atoms with Crippen LogP contribution in [0.5, 0.6) is 5.75 Å². The fourth-order valence-electron chi connectivity index (χ4n) is 2.95. The summed E-state index contributed by atoms with van der Waals surface area (Å²) in [5.41, 5.74) is -0.252. The lowest BCUT2D eigenvalue weighted by molar-refractivity contribution is 0.351. The molecule has 0 spiro atoms. The number of aromatic hydroxyl groups is 1. The van der Waals surface area contributed by atoms with Crippen LogP contribution in [0, 0.1) is 12.3 Å². The molecule has 0 radical (unpaired) electrons. The van der Waals surface area contributed by atoms with E-state index >= 15 is 0 Å². The first-order chi connectivity index (χ1) is 14.3. The highest BCUT2D eigenvalue weighted by Crippen LogP contribution is 2.42. The summed E-state index contributed by atoms with van der Waals surface area (Å²) >= 11 is 5.63. The second-order valence-electron chi connectivity index (χ2n) is 7.94. The van der Waals surface area contributed by atoms with Gasteiger partial charge in [-0.05, 0) is 36.6 Å². The number of phenolic OH excluding ortho intramolecular Hbond substituents is 1. The fourth-order valence-corrected chi connectivity index (χ4v) is 5.94. The minimum absolute atomic E-state index is 0.0279. The summed E-state index contributed by atoms with van der Waals surface area (Å²) < 4.78 is 43.6. The van der Waals surface area contributed by atoms with Crippen molar-refractivity contribution >= 4 is 61.4 Å². The first-order valence-corrected chi connectivity index (χ1v) is 12.8. The number of primary sulfonamides is 1. The van der Waals surface area contributed by atoms with Gasteiger partial charge in [0.25, 0.3) is 0 Å². The number of benzene rings is 1. The number of nitrogens with one attached hydrogen (secondary N) is 2. The largest absolute Gasteiger partial charge is 0.546 e. The average Bonchev–Trinajstić information content (AvgIpc) is 3.18. The molecular weight excluding hydrogens is 482 g/mol. The molecular formula is C18H22ClN5O4S3. The summed E-state index contributed by atoms with van der Waals surface area (Å²) in [5.74, 6) is -0.370. The maximum absolute atomic E-state index is 12.1. The van der Waals surface area contributed by atoms with Gasteiger partial charge in [-0.3, -0.25) is 0 Å². The van der Waals surface area contributed by atoms with E-state index in [2.05, 4.69) is 40.2 Å². The number of hydrogen-bond acceptors (Lipinski definition) is 9. The highest BCUT2D eigenvalue weighted by molar-refractivity contribution is 7.89. The Balaban J connectivity index is 2.00. The minimum atomic E-state index is -4.28. The Hall–Kier alpha value is -1.96. The van der Waals surface area contributed by atoms with Gasteiger partial charge in [-0.1, -0.05) is 32.4 Å². The van der Waals surface area contributed by atoms with Crippen molar-refractivity contribution in [2.75, 3.05) is 10.6 Å². The molecule has 2 heterocycles. The highest BCUT2D eigenvalue weighted by Gasteiger charge is 2.31. The third kappa shape index (κ3) is 5.27. The molecule has 0 saturated heterocycles. The van der Waals surface area contributed by atoms with Crippen molar-refractivity contribution in [2.24, 2.45) is 10.6 Å². The maximum Gasteiger partial charge on any atom is 0.243 e. The second-order valence-corrected chi connectivity index (χ2v) is 12.0. The van der Waals surface area contributed by atoms with Gasteiger partial charge >= 0.3 is 0 Å². The van der Waals surface area contributed by atoms with Crippen LogP contribution >= 0.6 is 34.1 Å². The lowest BCUT2D eigenvalue weighted by atomic mass is 9.86. The Morgan fingerprint density at radius 3 is 2.42 bits per heavy atom. The van der Waals surface area contributed by atoms with Crippen LogP contribution in [0.25, 0.3) is 0 Å². The minimum Gasteiger partial charge on any atom is -0.546 e. The lowest BCUT2D eigenvalue weighted by Gasteiger charge is -2.30. The van der Waals surface area contributed by atoms with Crippen molar-refractivity contribution in [1.29, 1.82) is 0 Å². The molecule has 0 fully saturated rings. The van der Waals surface area contributed by atoms with Crippen molar-refractivity contribution in [3.8, 4) is 5.75 Å². The van der Waals surface area contributed by atoms with Crippen molar-refractivity contribution < 1.29 is 18.1 Å². The van der Waals surface area contributed by atoms with E-state index in [1.807, 2.05) is 19.1 Å². The standard InChI is InChI=1S/C18H22ClN5O4S3/c1-9-5-8-12(29-9)15(18(2,3)4)22-17-16(23-30(26)24-17)21-11-7-6-10(19)14(13(11)25)31(20,27)28/h5-8,15,25H,1-4H3,(H,21,23)(H,22,24)(H2,20,27,28)/t15-,30?/m0/s1. The number of nitrogens with zero attached hydrogens (tertiary/aromatic N) is 2. The molecule has 0 aliphatic carbocycles. The van der Waals surface area contributed by atoms with Crippen molar-refractivity contribution in [3.63, 3.8) is 0 Å². The van der Waals surface area contributed by atoms with Crippen LogP contribution in [0.2, 0.25) is 5.02 Å². The molecule has 3 aromatic rings. The highest BCUT2D eigenvalue weighted by atomic mass is 35.5. The average molecular weight is 504 g/mol. The first kappa shape index (κ1) is 23.7. The van der Waals surface area contributed by atoms with E-state index in [1.165, 1.54) is 12.1 Å². The van der Waals surface area contributed by atoms with Gasteiger partial charge in [-0.2, -0.15) is 0 Å². The Bertz CT molecular complexity index is 1220. The van der Waals surface area contributed by atoms with Crippen molar-refractivity contribution in [1.82, 2.24) is 8.75 Å². The van der Waals surface area contributed by atoms with Crippen molar-refractivity contribution in [3.05, 3.63) is 39.0 Å². The summed E-state index contributed by atoms with van der Waals surface area (Å²) in [5, 5.41) is 21.4. The number of hydrogen-bond donors (Lipinski definition) is 4. The van der Waals surface area contributed by atoms with E-state index in [0.717, 1.165) is 9.75 Å². The number of rotatable bonds is 6. The van der Waals surface area contributed by atoms with Crippen LogP contribution in [-0.4, -0.2) is 26.8 Å². The van der Waals surface area contributed by atoms with Crippen LogP contribution in [0.3, 0.4) is 0 Å². The van der Waals surface area contributed by atoms with Gasteiger partial charge in [0.15, 0.2) is 16.9 Å². The normalized spacial score (nSPS) is 13.8. The molecule has 2 atom stereocenters. The molecule has 5 N–H and O–H groups in total. The molecule has 3 rings (SSSR count). The van der Waals surface area contributed by atoms with Gasteiger partial charge in [0.05, 0.1) is 16.8 Å². The molecule has 1 unspecified atom stereocenters. The summed E-state index contributed by atoms with van der Waals surface area (Å²) in [6, 6.07) is 6.49. The Morgan fingerprint density at radius 1 is 1.23 bits per heavy atom. The Kier molecular flexibility index (Phi) is 6.52. The molecule has 9 nitrogen and oxygen atoms in total. The number of anilines is 3. The van der Waals surface area contributed by atoms with Crippen LogP contribution in [0.4, 0.5) is 17.3 Å².